The highest BCUT2D eigenvalue weighted by Gasteiger charge is 2.26. The summed E-state index contributed by atoms with van der Waals surface area (Å²) in [5.41, 5.74) is 7.87. The Kier molecular flexibility index (Phi) is 4.71. The first-order chi connectivity index (χ1) is 9.04. The molecule has 2 unspecified atom stereocenters. The minimum atomic E-state index is -0.286. The van der Waals surface area contributed by atoms with Crippen LogP contribution < -0.4 is 10.6 Å². The largest absolute Gasteiger partial charge is 0.391 e. The van der Waals surface area contributed by atoms with Crippen LogP contribution in [-0.2, 0) is 0 Å². The van der Waals surface area contributed by atoms with Crippen LogP contribution in [0.2, 0.25) is 0 Å². The fourth-order valence-corrected chi connectivity index (χ4v) is 3.38. The third-order valence-electron chi connectivity index (χ3n) is 3.73. The number of thiocarbonyl (C=S) groups is 1. The normalized spacial score (nSPS) is 23.4. The van der Waals surface area contributed by atoms with E-state index in [0.29, 0.717) is 17.5 Å². The molecule has 3 N–H and O–H groups in total. The minimum absolute atomic E-state index is 0.286. The van der Waals surface area contributed by atoms with Gasteiger partial charge < -0.3 is 15.7 Å². The van der Waals surface area contributed by atoms with Crippen molar-refractivity contribution in [2.45, 2.75) is 24.3 Å². The number of β-amino-alcohol motifs (C(OH)–C–C–N with tert-alkyl or cyclic N) is 1. The number of hydrogen-bond donors (Lipinski definition) is 2. The summed E-state index contributed by atoms with van der Waals surface area (Å²) in [7, 11) is 0. The number of nitrogens with two attached hydrogens (primary N) is 1. The third kappa shape index (κ3) is 3.04. The van der Waals surface area contributed by atoms with E-state index >= 15 is 0 Å². The molecule has 0 spiro atoms. The number of aliphatic hydroxyl groups is 1. The number of anilines is 1. The summed E-state index contributed by atoms with van der Waals surface area (Å²) in [4.78, 5) is 3.71. The number of hydrogen-bond acceptors (Lipinski definition) is 4. The topological polar surface area (TPSA) is 49.5 Å². The van der Waals surface area contributed by atoms with E-state index in [1.54, 1.807) is 11.8 Å². The van der Waals surface area contributed by atoms with Gasteiger partial charge in [-0.25, -0.2) is 0 Å². The molecule has 1 aromatic rings. The molecule has 1 aliphatic rings. The standard InChI is InChI=1S/C14H20N2OS2/c1-9-6-7-16(8-11(9)17)10-4-3-5-12(19-2)13(10)14(15)18/h3-5,9,11,17H,6-8H2,1-2H3,(H2,15,18). The van der Waals surface area contributed by atoms with E-state index in [-0.39, 0.29) is 6.10 Å². The first-order valence-corrected chi connectivity index (χ1v) is 8.07. The summed E-state index contributed by atoms with van der Waals surface area (Å²) in [5, 5.41) is 10.1. The molecule has 0 saturated carbocycles. The Bertz CT molecular complexity index is 479. The SMILES string of the molecule is CSc1cccc(N2CCC(C)C(O)C2)c1C(N)=S. The number of nitrogens with zero attached hydrogens (tertiary/aromatic N) is 1. The number of benzene rings is 1. The third-order valence-corrected chi connectivity index (χ3v) is 4.71. The van der Waals surface area contributed by atoms with Crippen molar-refractivity contribution in [3.05, 3.63) is 23.8 Å². The molecule has 1 fully saturated rings. The molecule has 0 amide bonds. The predicted molar refractivity (Wildman–Crippen MR) is 86.1 cm³/mol. The zero-order valence-corrected chi connectivity index (χ0v) is 12.9. The van der Waals surface area contributed by atoms with Crippen molar-refractivity contribution in [3.8, 4) is 0 Å². The molecule has 1 aromatic carbocycles. The molecule has 3 nitrogen and oxygen atoms in total. The van der Waals surface area contributed by atoms with Gasteiger partial charge in [0.05, 0.1) is 6.10 Å². The minimum Gasteiger partial charge on any atom is -0.391 e. The predicted octanol–water partition coefficient (Wildman–Crippen LogP) is 2.25. The van der Waals surface area contributed by atoms with Gasteiger partial charge in [-0.15, -0.1) is 11.8 Å². The molecule has 2 rings (SSSR count). The number of thioether (sulfide) groups is 1. The maximum absolute atomic E-state index is 10.1. The maximum Gasteiger partial charge on any atom is 0.107 e. The van der Waals surface area contributed by atoms with Gasteiger partial charge in [0.1, 0.15) is 4.99 Å². The van der Waals surface area contributed by atoms with Crippen molar-refractivity contribution in [1.29, 1.82) is 0 Å². The van der Waals surface area contributed by atoms with Crippen molar-refractivity contribution in [3.63, 3.8) is 0 Å². The van der Waals surface area contributed by atoms with Gasteiger partial charge in [0.2, 0.25) is 0 Å². The van der Waals surface area contributed by atoms with Gasteiger partial charge in [-0.2, -0.15) is 0 Å². The summed E-state index contributed by atoms with van der Waals surface area (Å²) in [6.07, 6.45) is 2.72. The molecule has 0 radical (unpaired) electrons. The maximum atomic E-state index is 10.1. The summed E-state index contributed by atoms with van der Waals surface area (Å²) >= 11 is 6.85. The van der Waals surface area contributed by atoms with E-state index in [0.717, 1.165) is 29.1 Å². The molecule has 0 bridgehead atoms. The number of aliphatic hydroxyl groups excluding tert-OH is 1. The van der Waals surface area contributed by atoms with Crippen LogP contribution in [0.4, 0.5) is 5.69 Å². The van der Waals surface area contributed by atoms with Crippen molar-refractivity contribution >= 4 is 34.7 Å². The summed E-state index contributed by atoms with van der Waals surface area (Å²) < 4.78 is 0. The molecule has 104 valence electrons. The second kappa shape index (κ2) is 6.11. The van der Waals surface area contributed by atoms with Crippen LogP contribution in [0.25, 0.3) is 0 Å². The highest BCUT2D eigenvalue weighted by atomic mass is 32.2. The quantitative estimate of drug-likeness (QED) is 0.662. The van der Waals surface area contributed by atoms with E-state index in [2.05, 4.69) is 11.8 Å². The average molecular weight is 296 g/mol. The first kappa shape index (κ1) is 14.6. The van der Waals surface area contributed by atoms with Crippen LogP contribution in [0.3, 0.4) is 0 Å². The first-order valence-electron chi connectivity index (χ1n) is 6.44. The number of rotatable bonds is 3. The molecular weight excluding hydrogens is 276 g/mol. The summed E-state index contributed by atoms with van der Waals surface area (Å²) in [5.74, 6) is 0.355. The lowest BCUT2D eigenvalue weighted by Crippen LogP contribution is -2.43. The van der Waals surface area contributed by atoms with E-state index in [9.17, 15) is 5.11 Å². The van der Waals surface area contributed by atoms with Crippen molar-refractivity contribution in [1.82, 2.24) is 0 Å². The van der Waals surface area contributed by atoms with Gasteiger partial charge >= 0.3 is 0 Å². The lowest BCUT2D eigenvalue weighted by molar-refractivity contribution is 0.103. The Hall–Kier alpha value is -0.780. The molecule has 5 heteroatoms. The van der Waals surface area contributed by atoms with Crippen molar-refractivity contribution in [2.75, 3.05) is 24.2 Å². The molecule has 1 heterocycles. The van der Waals surface area contributed by atoms with Crippen LogP contribution in [0.15, 0.2) is 23.1 Å². The van der Waals surface area contributed by atoms with Crippen LogP contribution in [0, 0.1) is 5.92 Å². The fraction of sp³-hybridized carbons (Fsp3) is 0.500. The molecule has 0 aliphatic carbocycles. The molecule has 1 aliphatic heterocycles. The van der Waals surface area contributed by atoms with E-state index in [4.69, 9.17) is 18.0 Å². The Labute approximate surface area is 124 Å². The van der Waals surface area contributed by atoms with Crippen LogP contribution in [0.1, 0.15) is 18.9 Å². The molecule has 1 saturated heterocycles. The highest BCUT2D eigenvalue weighted by Crippen LogP contribution is 2.32. The smallest absolute Gasteiger partial charge is 0.107 e. The molecule has 0 aromatic heterocycles. The van der Waals surface area contributed by atoms with Gasteiger partial charge in [-0.05, 0) is 30.7 Å². The molecule has 19 heavy (non-hydrogen) atoms. The van der Waals surface area contributed by atoms with Crippen LogP contribution in [0.5, 0.6) is 0 Å². The Morgan fingerprint density at radius 1 is 1.53 bits per heavy atom. The van der Waals surface area contributed by atoms with Crippen LogP contribution in [-0.4, -0.2) is 35.5 Å². The monoisotopic (exact) mass is 296 g/mol. The van der Waals surface area contributed by atoms with E-state index < -0.39 is 0 Å². The average Bonchev–Trinajstić information content (AvgIpc) is 2.40. The van der Waals surface area contributed by atoms with Crippen molar-refractivity contribution in [2.24, 2.45) is 11.7 Å². The van der Waals surface area contributed by atoms with Gasteiger partial charge in [0.15, 0.2) is 0 Å². The fourth-order valence-electron chi connectivity index (χ4n) is 2.47. The second-order valence-electron chi connectivity index (χ2n) is 5.00. The highest BCUT2D eigenvalue weighted by molar-refractivity contribution is 7.98. The lowest BCUT2D eigenvalue weighted by Gasteiger charge is -2.37. The van der Waals surface area contributed by atoms with E-state index in [1.807, 2.05) is 24.5 Å². The zero-order valence-electron chi connectivity index (χ0n) is 11.3. The summed E-state index contributed by atoms with van der Waals surface area (Å²) in [6, 6.07) is 6.09. The van der Waals surface area contributed by atoms with Gasteiger partial charge in [-0.3, -0.25) is 0 Å². The van der Waals surface area contributed by atoms with Gasteiger partial charge in [0.25, 0.3) is 0 Å². The zero-order chi connectivity index (χ0) is 14.0. The molecule has 2 atom stereocenters. The van der Waals surface area contributed by atoms with Crippen LogP contribution >= 0.6 is 24.0 Å². The second-order valence-corrected chi connectivity index (χ2v) is 6.29. The van der Waals surface area contributed by atoms with Crippen molar-refractivity contribution < 1.29 is 5.11 Å². The Morgan fingerprint density at radius 3 is 2.84 bits per heavy atom. The van der Waals surface area contributed by atoms with Gasteiger partial charge in [-0.1, -0.05) is 25.2 Å². The number of piperidine rings is 1. The Morgan fingerprint density at radius 2 is 2.26 bits per heavy atom. The molecular formula is C14H20N2OS2. The summed E-state index contributed by atoms with van der Waals surface area (Å²) in [6.45, 7) is 3.68. The lowest BCUT2D eigenvalue weighted by atomic mass is 9.95. The Balaban J connectivity index is 2.37. The van der Waals surface area contributed by atoms with Gasteiger partial charge in [0, 0.05) is 29.2 Å². The van der Waals surface area contributed by atoms with E-state index in [1.165, 1.54) is 0 Å².